The number of rotatable bonds is 5. The highest BCUT2D eigenvalue weighted by Crippen LogP contribution is 2.30. The van der Waals surface area contributed by atoms with Crippen LogP contribution in [0.25, 0.3) is 6.08 Å². The Morgan fingerprint density at radius 2 is 2.06 bits per heavy atom. The van der Waals surface area contributed by atoms with Gasteiger partial charge in [-0.25, -0.2) is 4.31 Å². The van der Waals surface area contributed by atoms with Gasteiger partial charge in [-0.1, -0.05) is 36.2 Å². The molecule has 3 heteroatoms. The molecule has 0 atom stereocenters. The van der Waals surface area contributed by atoms with E-state index in [0.29, 0.717) is 5.92 Å². The second-order valence-corrected chi connectivity index (χ2v) is 5.03. The van der Waals surface area contributed by atoms with E-state index in [2.05, 4.69) is 34.8 Å². The maximum atomic E-state index is 5.19. The van der Waals surface area contributed by atoms with E-state index in [1.165, 1.54) is 24.2 Å². The molecule has 1 aliphatic rings. The number of nitrogens with zero attached hydrogens (tertiary/aromatic N) is 1. The highest BCUT2D eigenvalue weighted by atomic mass is 32.2. The predicted octanol–water partition coefficient (Wildman–Crippen LogP) is 3.37. The first-order chi connectivity index (χ1) is 8.33. The Hall–Kier alpha value is -0.930. The van der Waals surface area contributed by atoms with Gasteiger partial charge in [0.25, 0.3) is 0 Å². The summed E-state index contributed by atoms with van der Waals surface area (Å²) in [6, 6.07) is 8.78. The summed E-state index contributed by atoms with van der Waals surface area (Å²) in [4.78, 5) is 0. The fraction of sp³-hybridized carbons (Fsp3) is 0.429. The molecule has 0 bridgehead atoms. The van der Waals surface area contributed by atoms with Gasteiger partial charge >= 0.3 is 0 Å². The van der Waals surface area contributed by atoms with Gasteiger partial charge in [0, 0.05) is 19.0 Å². The Morgan fingerprint density at radius 3 is 2.65 bits per heavy atom. The third kappa shape index (κ3) is 3.27. The van der Waals surface area contributed by atoms with E-state index in [4.69, 9.17) is 4.74 Å². The van der Waals surface area contributed by atoms with Gasteiger partial charge in [0.1, 0.15) is 0 Å². The lowest BCUT2D eigenvalue weighted by molar-refractivity contribution is 0.272. The van der Waals surface area contributed by atoms with Crippen molar-refractivity contribution in [3.05, 3.63) is 41.7 Å². The average molecular weight is 249 g/mol. The van der Waals surface area contributed by atoms with E-state index < -0.39 is 0 Å². The van der Waals surface area contributed by atoms with Gasteiger partial charge < -0.3 is 4.74 Å². The van der Waals surface area contributed by atoms with Crippen molar-refractivity contribution in [2.45, 2.75) is 12.8 Å². The number of hydrogen-bond acceptors (Lipinski definition) is 3. The van der Waals surface area contributed by atoms with Gasteiger partial charge in [0.05, 0.1) is 12.9 Å². The predicted molar refractivity (Wildman–Crippen MR) is 74.9 cm³/mol. The van der Waals surface area contributed by atoms with Gasteiger partial charge in [0.2, 0.25) is 0 Å². The first kappa shape index (κ1) is 12.5. The minimum absolute atomic E-state index is 0.715. The molecule has 1 fully saturated rings. The molecule has 2 nitrogen and oxygen atoms in total. The van der Waals surface area contributed by atoms with Crippen molar-refractivity contribution in [2.24, 2.45) is 0 Å². The SMILES string of the molecule is CCO/C=C/c1ccc(C2CN(SC)C2)cc1. The van der Waals surface area contributed by atoms with Crippen LogP contribution >= 0.6 is 11.9 Å². The Labute approximate surface area is 108 Å². The second kappa shape index (κ2) is 6.12. The lowest BCUT2D eigenvalue weighted by Crippen LogP contribution is -2.39. The molecule has 0 unspecified atom stereocenters. The Balaban J connectivity index is 1.90. The number of hydrogen-bond donors (Lipinski definition) is 0. The van der Waals surface area contributed by atoms with Crippen LogP contribution in [-0.2, 0) is 4.74 Å². The molecule has 0 radical (unpaired) electrons. The van der Waals surface area contributed by atoms with E-state index in [1.807, 2.05) is 24.9 Å². The fourth-order valence-corrected chi connectivity index (χ4v) is 2.56. The number of ether oxygens (including phenoxy) is 1. The molecular formula is C14H19NOS. The second-order valence-electron chi connectivity index (χ2n) is 4.15. The van der Waals surface area contributed by atoms with Crippen LogP contribution in [0.4, 0.5) is 0 Å². The minimum atomic E-state index is 0.715. The van der Waals surface area contributed by atoms with Gasteiger partial charge in [0.15, 0.2) is 0 Å². The molecule has 0 aliphatic carbocycles. The fourth-order valence-electron chi connectivity index (χ4n) is 1.90. The van der Waals surface area contributed by atoms with Crippen LogP contribution in [-0.4, -0.2) is 30.3 Å². The standard InChI is InChI=1S/C14H19NOS/c1-3-16-9-8-12-4-6-13(7-5-12)14-10-15(11-14)17-2/h4-9,14H,3,10-11H2,1-2H3/b9-8+. The quantitative estimate of drug-likeness (QED) is 0.586. The first-order valence-electron chi connectivity index (χ1n) is 6.00. The molecule has 0 saturated carbocycles. The summed E-state index contributed by atoms with van der Waals surface area (Å²) in [5, 5.41) is 0. The van der Waals surface area contributed by atoms with Crippen LogP contribution in [0, 0.1) is 0 Å². The maximum absolute atomic E-state index is 5.19. The molecule has 0 aromatic heterocycles. The molecule has 0 amide bonds. The Kier molecular flexibility index (Phi) is 4.51. The molecule has 1 aliphatic heterocycles. The normalized spacial score (nSPS) is 17.3. The van der Waals surface area contributed by atoms with Gasteiger partial charge in [-0.3, -0.25) is 0 Å². The van der Waals surface area contributed by atoms with Crippen molar-refractivity contribution in [2.75, 3.05) is 26.0 Å². The van der Waals surface area contributed by atoms with E-state index in [9.17, 15) is 0 Å². The molecule has 2 rings (SSSR count). The summed E-state index contributed by atoms with van der Waals surface area (Å²) < 4.78 is 7.57. The smallest absolute Gasteiger partial charge is 0.0845 e. The zero-order valence-corrected chi connectivity index (χ0v) is 11.2. The van der Waals surface area contributed by atoms with Crippen molar-refractivity contribution in [3.63, 3.8) is 0 Å². The van der Waals surface area contributed by atoms with Crippen LogP contribution in [0.5, 0.6) is 0 Å². The zero-order valence-electron chi connectivity index (χ0n) is 10.4. The molecule has 0 spiro atoms. The molecule has 1 aromatic rings. The minimum Gasteiger partial charge on any atom is -0.501 e. The van der Waals surface area contributed by atoms with E-state index in [0.717, 1.165) is 6.61 Å². The lowest BCUT2D eigenvalue weighted by Gasteiger charge is -2.37. The number of benzene rings is 1. The summed E-state index contributed by atoms with van der Waals surface area (Å²) >= 11 is 1.83. The van der Waals surface area contributed by atoms with E-state index in [1.54, 1.807) is 6.26 Å². The Morgan fingerprint density at radius 1 is 1.35 bits per heavy atom. The van der Waals surface area contributed by atoms with Gasteiger partial charge in [-0.2, -0.15) is 0 Å². The third-order valence-electron chi connectivity index (χ3n) is 3.04. The van der Waals surface area contributed by atoms with Crippen molar-refractivity contribution in [1.82, 2.24) is 4.31 Å². The summed E-state index contributed by atoms with van der Waals surface area (Å²) in [5.41, 5.74) is 2.65. The van der Waals surface area contributed by atoms with Crippen molar-refractivity contribution >= 4 is 18.0 Å². The monoisotopic (exact) mass is 249 g/mol. The van der Waals surface area contributed by atoms with Crippen molar-refractivity contribution < 1.29 is 4.74 Å². The van der Waals surface area contributed by atoms with Crippen molar-refractivity contribution in [1.29, 1.82) is 0 Å². The summed E-state index contributed by atoms with van der Waals surface area (Å²) in [7, 11) is 0. The molecule has 1 heterocycles. The summed E-state index contributed by atoms with van der Waals surface area (Å²) in [6.07, 6.45) is 5.90. The maximum Gasteiger partial charge on any atom is 0.0845 e. The van der Waals surface area contributed by atoms with Crippen LogP contribution < -0.4 is 0 Å². The van der Waals surface area contributed by atoms with Crippen LogP contribution in [0.15, 0.2) is 30.5 Å². The van der Waals surface area contributed by atoms with Gasteiger partial charge in [-0.15, -0.1) is 0 Å². The molecule has 92 valence electrons. The average Bonchev–Trinajstić information content (AvgIpc) is 2.30. The molecule has 0 N–H and O–H groups in total. The largest absolute Gasteiger partial charge is 0.501 e. The highest BCUT2D eigenvalue weighted by molar-refractivity contribution is 7.96. The third-order valence-corrected chi connectivity index (χ3v) is 3.85. The summed E-state index contributed by atoms with van der Waals surface area (Å²) in [6.45, 7) is 5.06. The zero-order chi connectivity index (χ0) is 12.1. The lowest BCUT2D eigenvalue weighted by atomic mass is 9.93. The Bertz CT molecular complexity index is 368. The van der Waals surface area contributed by atoms with E-state index >= 15 is 0 Å². The van der Waals surface area contributed by atoms with E-state index in [-0.39, 0.29) is 0 Å². The van der Waals surface area contributed by atoms with Crippen molar-refractivity contribution in [3.8, 4) is 0 Å². The first-order valence-corrected chi connectivity index (χ1v) is 7.18. The molecule has 1 saturated heterocycles. The molecule has 1 aromatic carbocycles. The summed E-state index contributed by atoms with van der Waals surface area (Å²) in [5.74, 6) is 0.715. The van der Waals surface area contributed by atoms with Crippen LogP contribution in [0.1, 0.15) is 24.0 Å². The molecule has 17 heavy (non-hydrogen) atoms. The highest BCUT2D eigenvalue weighted by Gasteiger charge is 2.26. The molecular weight excluding hydrogens is 230 g/mol. The van der Waals surface area contributed by atoms with Crippen LogP contribution in [0.3, 0.4) is 0 Å². The van der Waals surface area contributed by atoms with Crippen LogP contribution in [0.2, 0.25) is 0 Å². The topological polar surface area (TPSA) is 12.5 Å². The van der Waals surface area contributed by atoms with Gasteiger partial charge in [-0.05, 0) is 30.4 Å².